The second-order valence-corrected chi connectivity index (χ2v) is 5.77. The maximum atomic E-state index is 12.9. The summed E-state index contributed by atoms with van der Waals surface area (Å²) in [7, 11) is 0. The fourth-order valence-electron chi connectivity index (χ4n) is 2.65. The minimum absolute atomic E-state index is 0.131. The summed E-state index contributed by atoms with van der Waals surface area (Å²) in [5.74, 6) is -0.506. The first-order chi connectivity index (χ1) is 11.5. The summed E-state index contributed by atoms with van der Waals surface area (Å²) >= 11 is 0. The predicted molar refractivity (Wildman–Crippen MR) is 90.5 cm³/mol. The molecule has 0 unspecified atom stereocenters. The van der Waals surface area contributed by atoms with E-state index in [4.69, 9.17) is 0 Å². The summed E-state index contributed by atoms with van der Waals surface area (Å²) in [5, 5.41) is 5.26. The molecule has 5 nitrogen and oxygen atoms in total. The Hall–Kier alpha value is -2.89. The van der Waals surface area contributed by atoms with Crippen molar-refractivity contribution in [2.75, 3.05) is 16.8 Å². The van der Waals surface area contributed by atoms with Gasteiger partial charge in [-0.05, 0) is 49.7 Å². The van der Waals surface area contributed by atoms with Gasteiger partial charge in [0, 0.05) is 17.9 Å². The van der Waals surface area contributed by atoms with Gasteiger partial charge in [0.05, 0.1) is 0 Å². The molecule has 3 rings (SSSR count). The number of benzene rings is 2. The number of aryl methyl sites for hydroxylation is 1. The van der Waals surface area contributed by atoms with Crippen LogP contribution in [0.2, 0.25) is 0 Å². The van der Waals surface area contributed by atoms with Gasteiger partial charge in [0.25, 0.3) is 0 Å². The van der Waals surface area contributed by atoms with Crippen LogP contribution in [0.25, 0.3) is 0 Å². The van der Waals surface area contributed by atoms with E-state index in [1.807, 2.05) is 31.2 Å². The monoisotopic (exact) mass is 327 g/mol. The molecule has 1 atom stereocenters. The predicted octanol–water partition coefficient (Wildman–Crippen LogP) is 3.06. The number of urea groups is 1. The van der Waals surface area contributed by atoms with Gasteiger partial charge in [-0.1, -0.05) is 17.7 Å². The SMILES string of the molecule is Cc1ccc(N2CC[C@H](NC(=O)Nc3ccc(F)cc3)C2=O)cc1. The average molecular weight is 327 g/mol. The second-order valence-electron chi connectivity index (χ2n) is 5.77. The first-order valence-corrected chi connectivity index (χ1v) is 7.74. The summed E-state index contributed by atoms with van der Waals surface area (Å²) in [6.45, 7) is 2.54. The maximum Gasteiger partial charge on any atom is 0.319 e. The van der Waals surface area contributed by atoms with Crippen molar-refractivity contribution in [3.05, 3.63) is 59.9 Å². The number of nitrogens with one attached hydrogen (secondary N) is 2. The largest absolute Gasteiger partial charge is 0.326 e. The Morgan fingerprint density at radius 1 is 1.12 bits per heavy atom. The van der Waals surface area contributed by atoms with Gasteiger partial charge >= 0.3 is 6.03 Å². The van der Waals surface area contributed by atoms with Crippen LogP contribution < -0.4 is 15.5 Å². The van der Waals surface area contributed by atoms with Crippen LogP contribution in [0.1, 0.15) is 12.0 Å². The number of rotatable bonds is 3. The van der Waals surface area contributed by atoms with Crippen LogP contribution in [-0.2, 0) is 4.79 Å². The number of hydrogen-bond donors (Lipinski definition) is 2. The highest BCUT2D eigenvalue weighted by Gasteiger charge is 2.33. The van der Waals surface area contributed by atoms with Crippen LogP contribution in [0.3, 0.4) is 0 Å². The van der Waals surface area contributed by atoms with Crippen molar-refractivity contribution in [1.82, 2.24) is 5.32 Å². The molecule has 1 saturated heterocycles. The van der Waals surface area contributed by atoms with Crippen molar-refractivity contribution >= 4 is 23.3 Å². The van der Waals surface area contributed by atoms with Gasteiger partial charge in [-0.3, -0.25) is 4.79 Å². The Labute approximate surface area is 139 Å². The van der Waals surface area contributed by atoms with Gasteiger partial charge in [-0.25, -0.2) is 9.18 Å². The van der Waals surface area contributed by atoms with Crippen molar-refractivity contribution in [2.24, 2.45) is 0 Å². The molecule has 1 heterocycles. The standard InChI is InChI=1S/C18H18FN3O2/c1-12-2-8-15(9-3-12)22-11-10-16(17(22)23)21-18(24)20-14-6-4-13(19)5-7-14/h2-9,16H,10-11H2,1H3,(H2,20,21,24)/t16-/m0/s1. The Morgan fingerprint density at radius 3 is 2.46 bits per heavy atom. The Balaban J connectivity index is 1.60. The van der Waals surface area contributed by atoms with E-state index < -0.39 is 12.1 Å². The first-order valence-electron chi connectivity index (χ1n) is 7.74. The molecule has 6 heteroatoms. The first kappa shape index (κ1) is 16.0. The van der Waals surface area contributed by atoms with Crippen LogP contribution >= 0.6 is 0 Å². The quantitative estimate of drug-likeness (QED) is 0.910. The van der Waals surface area contributed by atoms with Crippen molar-refractivity contribution < 1.29 is 14.0 Å². The lowest BCUT2D eigenvalue weighted by atomic mass is 10.2. The number of anilines is 2. The van der Waals surface area contributed by atoms with Gasteiger partial charge in [-0.2, -0.15) is 0 Å². The molecule has 124 valence electrons. The average Bonchev–Trinajstić information content (AvgIpc) is 2.91. The maximum absolute atomic E-state index is 12.9. The summed E-state index contributed by atoms with van der Waals surface area (Å²) in [6.07, 6.45) is 0.545. The fraction of sp³-hybridized carbons (Fsp3) is 0.222. The van der Waals surface area contributed by atoms with Gasteiger partial charge in [0.15, 0.2) is 0 Å². The van der Waals surface area contributed by atoms with Gasteiger partial charge in [0.2, 0.25) is 5.91 Å². The van der Waals surface area contributed by atoms with Crippen molar-refractivity contribution in [3.63, 3.8) is 0 Å². The normalized spacial score (nSPS) is 17.0. The molecule has 24 heavy (non-hydrogen) atoms. The van der Waals surface area contributed by atoms with Crippen LogP contribution in [0.4, 0.5) is 20.6 Å². The molecule has 0 radical (unpaired) electrons. The Morgan fingerprint density at radius 2 is 1.79 bits per heavy atom. The zero-order chi connectivity index (χ0) is 17.1. The third-order valence-corrected chi connectivity index (χ3v) is 3.96. The van der Waals surface area contributed by atoms with Crippen LogP contribution in [0, 0.1) is 12.7 Å². The molecule has 1 aliphatic heterocycles. The minimum atomic E-state index is -0.563. The number of hydrogen-bond acceptors (Lipinski definition) is 2. The van der Waals surface area contributed by atoms with Gasteiger partial charge in [0.1, 0.15) is 11.9 Å². The van der Waals surface area contributed by atoms with E-state index in [0.717, 1.165) is 11.3 Å². The molecule has 2 N–H and O–H groups in total. The van der Waals surface area contributed by atoms with E-state index in [1.54, 1.807) is 4.90 Å². The summed E-state index contributed by atoms with van der Waals surface area (Å²) in [4.78, 5) is 26.1. The van der Waals surface area contributed by atoms with E-state index in [9.17, 15) is 14.0 Å². The molecular weight excluding hydrogens is 309 g/mol. The molecule has 0 aromatic heterocycles. The highest BCUT2D eigenvalue weighted by molar-refractivity contribution is 6.02. The summed E-state index contributed by atoms with van der Waals surface area (Å²) in [5.41, 5.74) is 2.42. The van der Waals surface area contributed by atoms with E-state index in [1.165, 1.54) is 24.3 Å². The van der Waals surface area contributed by atoms with Crippen LogP contribution in [-0.4, -0.2) is 24.5 Å². The van der Waals surface area contributed by atoms with Gasteiger partial charge in [-0.15, -0.1) is 0 Å². The van der Waals surface area contributed by atoms with Crippen LogP contribution in [0.15, 0.2) is 48.5 Å². The summed E-state index contributed by atoms with van der Waals surface area (Å²) < 4.78 is 12.9. The number of halogens is 1. The third-order valence-electron chi connectivity index (χ3n) is 3.96. The van der Waals surface area contributed by atoms with Crippen molar-refractivity contribution in [1.29, 1.82) is 0 Å². The second kappa shape index (κ2) is 6.70. The van der Waals surface area contributed by atoms with E-state index in [-0.39, 0.29) is 11.7 Å². The summed E-state index contributed by atoms with van der Waals surface area (Å²) in [6, 6.07) is 12.1. The lowest BCUT2D eigenvalue weighted by Crippen LogP contribution is -2.43. The fourth-order valence-corrected chi connectivity index (χ4v) is 2.65. The number of nitrogens with zero attached hydrogens (tertiary/aromatic N) is 1. The van der Waals surface area contributed by atoms with Gasteiger partial charge < -0.3 is 15.5 Å². The molecule has 0 bridgehead atoms. The van der Waals surface area contributed by atoms with E-state index in [0.29, 0.717) is 18.7 Å². The molecule has 2 aromatic rings. The molecule has 1 fully saturated rings. The molecular formula is C18H18FN3O2. The minimum Gasteiger partial charge on any atom is -0.326 e. The number of amides is 3. The Bertz CT molecular complexity index is 744. The third kappa shape index (κ3) is 3.53. The van der Waals surface area contributed by atoms with Crippen LogP contribution in [0.5, 0.6) is 0 Å². The van der Waals surface area contributed by atoms with E-state index >= 15 is 0 Å². The number of carbonyl (C=O) groups excluding carboxylic acids is 2. The van der Waals surface area contributed by atoms with Crippen molar-refractivity contribution in [3.8, 4) is 0 Å². The smallest absolute Gasteiger partial charge is 0.319 e. The number of carbonyl (C=O) groups is 2. The molecule has 3 amide bonds. The Kier molecular flexibility index (Phi) is 4.46. The topological polar surface area (TPSA) is 61.4 Å². The zero-order valence-corrected chi connectivity index (χ0v) is 13.3. The zero-order valence-electron chi connectivity index (χ0n) is 13.3. The highest BCUT2D eigenvalue weighted by atomic mass is 19.1. The molecule has 1 aliphatic rings. The lowest BCUT2D eigenvalue weighted by molar-refractivity contribution is -0.118. The molecule has 0 aliphatic carbocycles. The highest BCUT2D eigenvalue weighted by Crippen LogP contribution is 2.22. The van der Waals surface area contributed by atoms with E-state index in [2.05, 4.69) is 10.6 Å². The van der Waals surface area contributed by atoms with Crippen molar-refractivity contribution in [2.45, 2.75) is 19.4 Å². The molecule has 0 spiro atoms. The molecule has 0 saturated carbocycles. The molecule has 2 aromatic carbocycles. The lowest BCUT2D eigenvalue weighted by Gasteiger charge is -2.17.